The summed E-state index contributed by atoms with van der Waals surface area (Å²) in [5, 5.41) is 7.90. The molecule has 5 heteroatoms. The Hall–Kier alpha value is -1.62. The van der Waals surface area contributed by atoms with Gasteiger partial charge in [0.15, 0.2) is 0 Å². The number of nitrogens with zero attached hydrogens (tertiary/aromatic N) is 4. The van der Waals surface area contributed by atoms with Crippen LogP contribution in [0.25, 0.3) is 5.69 Å². The Morgan fingerprint density at radius 2 is 2.28 bits per heavy atom. The van der Waals surface area contributed by atoms with E-state index < -0.39 is 0 Å². The van der Waals surface area contributed by atoms with Crippen molar-refractivity contribution in [2.75, 3.05) is 6.54 Å². The van der Waals surface area contributed by atoms with Crippen LogP contribution in [0.4, 0.5) is 0 Å². The van der Waals surface area contributed by atoms with Gasteiger partial charge < -0.3 is 5.32 Å². The van der Waals surface area contributed by atoms with Crippen molar-refractivity contribution < 1.29 is 0 Å². The van der Waals surface area contributed by atoms with Crippen LogP contribution in [0.2, 0.25) is 0 Å². The zero-order chi connectivity index (χ0) is 12.5. The summed E-state index contributed by atoms with van der Waals surface area (Å²) in [7, 11) is 0. The second kappa shape index (κ2) is 4.57. The summed E-state index contributed by atoms with van der Waals surface area (Å²) >= 11 is 0. The Balaban J connectivity index is 1.93. The summed E-state index contributed by atoms with van der Waals surface area (Å²) in [6.45, 7) is 5.36. The average molecular weight is 245 g/mol. The molecule has 18 heavy (non-hydrogen) atoms. The second-order valence-electron chi connectivity index (χ2n) is 5.11. The van der Waals surface area contributed by atoms with Gasteiger partial charge in [0.25, 0.3) is 0 Å². The maximum Gasteiger partial charge on any atom is 0.0995 e. The molecule has 0 unspecified atom stereocenters. The lowest BCUT2D eigenvalue weighted by Crippen LogP contribution is -2.16. The number of hydrogen-bond acceptors (Lipinski definition) is 3. The summed E-state index contributed by atoms with van der Waals surface area (Å²) < 4.78 is 4.11. The lowest BCUT2D eigenvalue weighted by molar-refractivity contribution is 0.532. The molecule has 1 atom stereocenters. The highest BCUT2D eigenvalue weighted by Gasteiger charge is 2.20. The smallest absolute Gasteiger partial charge is 0.0995 e. The Bertz CT molecular complexity index is 519. The standard InChI is InChI=1S/C13H19N5/c1-10(2)18-8-11(6-16-18)17-9-14-7-13(17)12-4-3-5-15-12/h6-10,12,15H,3-5H2,1-2H3/t12-/m0/s1. The fraction of sp³-hybridized carbons (Fsp3) is 0.538. The van der Waals surface area contributed by atoms with Crippen LogP contribution in [0.5, 0.6) is 0 Å². The molecule has 0 aliphatic carbocycles. The summed E-state index contributed by atoms with van der Waals surface area (Å²) in [6, 6.07) is 0.810. The lowest BCUT2D eigenvalue weighted by Gasteiger charge is -2.12. The van der Waals surface area contributed by atoms with Gasteiger partial charge in [0.1, 0.15) is 0 Å². The molecule has 3 rings (SSSR count). The van der Waals surface area contributed by atoms with Gasteiger partial charge >= 0.3 is 0 Å². The molecule has 0 saturated carbocycles. The highest BCUT2D eigenvalue weighted by molar-refractivity contribution is 5.30. The maximum atomic E-state index is 4.39. The number of nitrogens with one attached hydrogen (secondary N) is 1. The molecule has 96 valence electrons. The van der Waals surface area contributed by atoms with Gasteiger partial charge in [-0.2, -0.15) is 5.10 Å². The van der Waals surface area contributed by atoms with E-state index in [0.717, 1.165) is 12.2 Å². The molecule has 0 amide bonds. The molecular formula is C13H19N5. The van der Waals surface area contributed by atoms with E-state index in [1.807, 2.05) is 23.4 Å². The topological polar surface area (TPSA) is 47.7 Å². The quantitative estimate of drug-likeness (QED) is 0.900. The zero-order valence-electron chi connectivity index (χ0n) is 10.9. The van der Waals surface area contributed by atoms with Gasteiger partial charge in [0, 0.05) is 18.3 Å². The Morgan fingerprint density at radius 3 is 2.94 bits per heavy atom. The monoisotopic (exact) mass is 245 g/mol. The molecule has 1 aliphatic heterocycles. The first kappa shape index (κ1) is 11.5. The van der Waals surface area contributed by atoms with E-state index >= 15 is 0 Å². The molecule has 0 spiro atoms. The maximum absolute atomic E-state index is 4.39. The number of imidazole rings is 1. The molecule has 5 nitrogen and oxygen atoms in total. The van der Waals surface area contributed by atoms with Gasteiger partial charge in [-0.15, -0.1) is 0 Å². The van der Waals surface area contributed by atoms with E-state index in [9.17, 15) is 0 Å². The van der Waals surface area contributed by atoms with Crippen molar-refractivity contribution in [1.82, 2.24) is 24.6 Å². The average Bonchev–Trinajstić information content (AvgIpc) is 3.10. The van der Waals surface area contributed by atoms with E-state index in [1.165, 1.54) is 18.5 Å². The first-order valence-corrected chi connectivity index (χ1v) is 6.56. The molecule has 2 aromatic rings. The molecule has 1 aliphatic rings. The minimum Gasteiger partial charge on any atom is -0.309 e. The molecule has 1 N–H and O–H groups in total. The molecule has 0 radical (unpaired) electrons. The molecule has 1 saturated heterocycles. The third-order valence-corrected chi connectivity index (χ3v) is 3.48. The van der Waals surface area contributed by atoms with E-state index in [2.05, 4.69) is 40.0 Å². The molecule has 1 fully saturated rings. The van der Waals surface area contributed by atoms with Crippen molar-refractivity contribution in [2.45, 2.75) is 38.8 Å². The lowest BCUT2D eigenvalue weighted by atomic mass is 10.2. The van der Waals surface area contributed by atoms with E-state index in [1.54, 1.807) is 0 Å². The van der Waals surface area contributed by atoms with Crippen molar-refractivity contribution in [3.63, 3.8) is 0 Å². The number of hydrogen-bond donors (Lipinski definition) is 1. The minimum absolute atomic E-state index is 0.385. The molecule has 2 aromatic heterocycles. The van der Waals surface area contributed by atoms with Gasteiger partial charge in [-0.25, -0.2) is 4.98 Å². The largest absolute Gasteiger partial charge is 0.309 e. The van der Waals surface area contributed by atoms with Crippen molar-refractivity contribution in [2.24, 2.45) is 0 Å². The fourth-order valence-corrected chi connectivity index (χ4v) is 2.45. The second-order valence-corrected chi connectivity index (χ2v) is 5.11. The fourth-order valence-electron chi connectivity index (χ4n) is 2.45. The van der Waals surface area contributed by atoms with Gasteiger partial charge in [-0.1, -0.05) is 0 Å². The Morgan fingerprint density at radius 1 is 1.39 bits per heavy atom. The van der Waals surface area contributed by atoms with Crippen molar-refractivity contribution in [1.29, 1.82) is 0 Å². The summed E-state index contributed by atoms with van der Waals surface area (Å²) in [4.78, 5) is 4.28. The van der Waals surface area contributed by atoms with Gasteiger partial charge in [-0.05, 0) is 33.2 Å². The predicted octanol–water partition coefficient (Wildman–Crippen LogP) is 2.07. The van der Waals surface area contributed by atoms with Crippen molar-refractivity contribution in [3.05, 3.63) is 30.6 Å². The van der Waals surface area contributed by atoms with Gasteiger partial charge in [-0.3, -0.25) is 9.25 Å². The van der Waals surface area contributed by atoms with Crippen LogP contribution in [0, 0.1) is 0 Å². The molecule has 3 heterocycles. The molecule has 0 bridgehead atoms. The van der Waals surface area contributed by atoms with Crippen molar-refractivity contribution >= 4 is 0 Å². The summed E-state index contributed by atoms with van der Waals surface area (Å²) in [6.07, 6.45) is 10.2. The minimum atomic E-state index is 0.385. The van der Waals surface area contributed by atoms with Crippen LogP contribution in [-0.4, -0.2) is 25.9 Å². The highest BCUT2D eigenvalue weighted by Crippen LogP contribution is 2.25. The number of aromatic nitrogens is 4. The van der Waals surface area contributed by atoms with E-state index in [4.69, 9.17) is 0 Å². The first-order chi connectivity index (χ1) is 8.75. The van der Waals surface area contributed by atoms with E-state index in [0.29, 0.717) is 12.1 Å². The van der Waals surface area contributed by atoms with Crippen LogP contribution in [0.3, 0.4) is 0 Å². The number of rotatable bonds is 3. The Labute approximate surface area is 107 Å². The Kier molecular flexibility index (Phi) is 2.91. The third-order valence-electron chi connectivity index (χ3n) is 3.48. The van der Waals surface area contributed by atoms with Crippen LogP contribution < -0.4 is 5.32 Å². The SMILES string of the molecule is CC(C)n1cc(-n2cncc2[C@@H]2CCCN2)cn1. The third kappa shape index (κ3) is 1.95. The summed E-state index contributed by atoms with van der Waals surface area (Å²) in [5.74, 6) is 0. The van der Waals surface area contributed by atoms with Crippen LogP contribution in [0.1, 0.15) is 44.5 Å². The van der Waals surface area contributed by atoms with Gasteiger partial charge in [0.05, 0.1) is 30.1 Å². The van der Waals surface area contributed by atoms with E-state index in [-0.39, 0.29) is 0 Å². The predicted molar refractivity (Wildman–Crippen MR) is 69.7 cm³/mol. The van der Waals surface area contributed by atoms with Crippen LogP contribution in [-0.2, 0) is 0 Å². The molecular weight excluding hydrogens is 226 g/mol. The van der Waals surface area contributed by atoms with Crippen LogP contribution in [0.15, 0.2) is 24.9 Å². The van der Waals surface area contributed by atoms with Crippen LogP contribution >= 0.6 is 0 Å². The zero-order valence-corrected chi connectivity index (χ0v) is 10.9. The first-order valence-electron chi connectivity index (χ1n) is 6.56. The molecule has 0 aromatic carbocycles. The van der Waals surface area contributed by atoms with Crippen molar-refractivity contribution in [3.8, 4) is 5.69 Å². The normalized spacial score (nSPS) is 19.8. The van der Waals surface area contributed by atoms with Gasteiger partial charge in [0.2, 0.25) is 0 Å². The highest BCUT2D eigenvalue weighted by atomic mass is 15.3. The summed E-state index contributed by atoms with van der Waals surface area (Å²) in [5.41, 5.74) is 2.32.